The summed E-state index contributed by atoms with van der Waals surface area (Å²) in [6.07, 6.45) is 3.62. The van der Waals surface area contributed by atoms with Crippen molar-refractivity contribution in [1.82, 2.24) is 14.8 Å². The van der Waals surface area contributed by atoms with Crippen molar-refractivity contribution < 1.29 is 4.79 Å². The Hall–Kier alpha value is -2.69. The molecule has 2 aromatic heterocycles. The lowest BCUT2D eigenvalue weighted by atomic mass is 10.2. The number of pyridine rings is 1. The number of para-hydroxylation sites is 1. The highest BCUT2D eigenvalue weighted by molar-refractivity contribution is 5.92. The fraction of sp³-hybridized carbons (Fsp3) is 0.133. The second-order valence-corrected chi connectivity index (χ2v) is 4.62. The number of nitrogens with one attached hydrogen (secondary N) is 1. The number of carbonyl (C=O) groups excluding carboxylic acids is 1. The Morgan fingerprint density at radius 3 is 2.90 bits per heavy atom. The standard InChI is InChI=1S/C15H14N4O/c1-19-10-13(9-16-19)18-15(20)8-12-7-6-11-4-2-3-5-14(11)17-12/h2-7,9-10H,8H2,1H3,(H,18,20). The largest absolute Gasteiger partial charge is 0.323 e. The molecule has 20 heavy (non-hydrogen) atoms. The molecule has 1 amide bonds. The van der Waals surface area contributed by atoms with Gasteiger partial charge in [-0.05, 0) is 12.1 Å². The Balaban J connectivity index is 1.73. The Morgan fingerprint density at radius 1 is 1.25 bits per heavy atom. The van der Waals surface area contributed by atoms with Gasteiger partial charge in [0.2, 0.25) is 5.91 Å². The molecule has 0 aliphatic carbocycles. The number of carbonyl (C=O) groups is 1. The minimum absolute atomic E-state index is 0.0965. The Bertz CT molecular complexity index is 763. The van der Waals surface area contributed by atoms with E-state index in [1.807, 2.05) is 36.4 Å². The lowest BCUT2D eigenvalue weighted by Crippen LogP contribution is -2.14. The minimum atomic E-state index is -0.0965. The minimum Gasteiger partial charge on any atom is -0.323 e. The van der Waals surface area contributed by atoms with Crippen LogP contribution in [0.25, 0.3) is 10.9 Å². The quantitative estimate of drug-likeness (QED) is 0.790. The lowest BCUT2D eigenvalue weighted by Gasteiger charge is -2.03. The summed E-state index contributed by atoms with van der Waals surface area (Å²) in [5.74, 6) is -0.0965. The molecule has 3 rings (SSSR count). The van der Waals surface area contributed by atoms with Crippen molar-refractivity contribution in [1.29, 1.82) is 0 Å². The molecule has 0 radical (unpaired) electrons. The number of rotatable bonds is 3. The van der Waals surface area contributed by atoms with Crippen molar-refractivity contribution in [3.63, 3.8) is 0 Å². The van der Waals surface area contributed by atoms with Gasteiger partial charge in [0.25, 0.3) is 0 Å². The zero-order valence-electron chi connectivity index (χ0n) is 11.1. The highest BCUT2D eigenvalue weighted by atomic mass is 16.1. The zero-order valence-corrected chi connectivity index (χ0v) is 11.1. The monoisotopic (exact) mass is 266 g/mol. The highest BCUT2D eigenvalue weighted by Gasteiger charge is 2.07. The van der Waals surface area contributed by atoms with Crippen molar-refractivity contribution >= 4 is 22.5 Å². The molecule has 5 heteroatoms. The zero-order chi connectivity index (χ0) is 13.9. The molecular formula is C15H14N4O. The van der Waals surface area contributed by atoms with Crippen LogP contribution in [0.1, 0.15) is 5.69 Å². The molecule has 0 aliphatic heterocycles. The van der Waals surface area contributed by atoms with E-state index in [-0.39, 0.29) is 12.3 Å². The summed E-state index contributed by atoms with van der Waals surface area (Å²) < 4.78 is 1.64. The molecule has 0 aliphatic rings. The first kappa shape index (κ1) is 12.3. The number of anilines is 1. The van der Waals surface area contributed by atoms with Crippen LogP contribution in [-0.2, 0) is 18.3 Å². The Morgan fingerprint density at radius 2 is 2.10 bits per heavy atom. The van der Waals surface area contributed by atoms with Gasteiger partial charge in [0.15, 0.2) is 0 Å². The molecule has 0 atom stereocenters. The third kappa shape index (κ3) is 2.66. The maximum atomic E-state index is 11.9. The lowest BCUT2D eigenvalue weighted by molar-refractivity contribution is -0.115. The first-order valence-electron chi connectivity index (χ1n) is 6.34. The summed E-state index contributed by atoms with van der Waals surface area (Å²) in [6.45, 7) is 0. The molecule has 0 saturated carbocycles. The van der Waals surface area contributed by atoms with Gasteiger partial charge < -0.3 is 5.32 Å². The average Bonchev–Trinajstić information content (AvgIpc) is 2.83. The van der Waals surface area contributed by atoms with Gasteiger partial charge in [-0.1, -0.05) is 24.3 Å². The van der Waals surface area contributed by atoms with Crippen molar-refractivity contribution in [2.75, 3.05) is 5.32 Å². The molecule has 0 bridgehead atoms. The predicted molar refractivity (Wildman–Crippen MR) is 77.3 cm³/mol. The van der Waals surface area contributed by atoms with Crippen LogP contribution in [0, 0.1) is 0 Å². The normalized spacial score (nSPS) is 10.7. The summed E-state index contributed by atoms with van der Waals surface area (Å²) in [5.41, 5.74) is 2.35. The number of hydrogen-bond donors (Lipinski definition) is 1. The highest BCUT2D eigenvalue weighted by Crippen LogP contribution is 2.12. The second kappa shape index (κ2) is 5.13. The first-order chi connectivity index (χ1) is 9.70. The molecule has 0 saturated heterocycles. The van der Waals surface area contributed by atoms with Crippen LogP contribution in [0.4, 0.5) is 5.69 Å². The first-order valence-corrected chi connectivity index (χ1v) is 6.34. The van der Waals surface area contributed by atoms with Crippen LogP contribution in [0.5, 0.6) is 0 Å². The van der Waals surface area contributed by atoms with E-state index in [0.717, 1.165) is 16.6 Å². The van der Waals surface area contributed by atoms with E-state index in [0.29, 0.717) is 5.69 Å². The van der Waals surface area contributed by atoms with Crippen molar-refractivity contribution in [2.45, 2.75) is 6.42 Å². The maximum absolute atomic E-state index is 11.9. The predicted octanol–water partition coefficient (Wildman–Crippen LogP) is 2.15. The van der Waals surface area contributed by atoms with Crippen LogP contribution in [0.3, 0.4) is 0 Å². The number of aryl methyl sites for hydroxylation is 1. The van der Waals surface area contributed by atoms with Crippen LogP contribution >= 0.6 is 0 Å². The Labute approximate surface area is 116 Å². The molecular weight excluding hydrogens is 252 g/mol. The number of fused-ring (bicyclic) bond motifs is 1. The topological polar surface area (TPSA) is 59.8 Å². The second-order valence-electron chi connectivity index (χ2n) is 4.62. The third-order valence-corrected chi connectivity index (χ3v) is 2.99. The number of hydrogen-bond acceptors (Lipinski definition) is 3. The van der Waals surface area contributed by atoms with E-state index in [4.69, 9.17) is 0 Å². The number of benzene rings is 1. The summed E-state index contributed by atoms with van der Waals surface area (Å²) in [7, 11) is 1.81. The Kier molecular flexibility index (Phi) is 3.16. The fourth-order valence-electron chi connectivity index (χ4n) is 2.06. The summed E-state index contributed by atoms with van der Waals surface area (Å²) in [4.78, 5) is 16.4. The van der Waals surface area contributed by atoms with Gasteiger partial charge in [0, 0.05) is 18.6 Å². The molecule has 1 aromatic carbocycles. The average molecular weight is 266 g/mol. The summed E-state index contributed by atoms with van der Waals surface area (Å²) in [6, 6.07) is 11.7. The summed E-state index contributed by atoms with van der Waals surface area (Å²) >= 11 is 0. The van der Waals surface area contributed by atoms with Crippen molar-refractivity contribution in [3.05, 3.63) is 54.5 Å². The smallest absolute Gasteiger partial charge is 0.230 e. The molecule has 100 valence electrons. The van der Waals surface area contributed by atoms with E-state index in [1.54, 1.807) is 24.1 Å². The molecule has 5 nitrogen and oxygen atoms in total. The van der Waals surface area contributed by atoms with E-state index >= 15 is 0 Å². The van der Waals surface area contributed by atoms with Crippen LogP contribution in [0.15, 0.2) is 48.8 Å². The molecule has 0 spiro atoms. The molecule has 2 heterocycles. The SMILES string of the molecule is Cn1cc(NC(=O)Cc2ccc3ccccc3n2)cn1. The fourth-order valence-corrected chi connectivity index (χ4v) is 2.06. The van der Waals surface area contributed by atoms with Gasteiger partial charge in [0.1, 0.15) is 0 Å². The van der Waals surface area contributed by atoms with E-state index < -0.39 is 0 Å². The van der Waals surface area contributed by atoms with Gasteiger partial charge in [-0.15, -0.1) is 0 Å². The number of nitrogens with zero attached hydrogens (tertiary/aromatic N) is 3. The van der Waals surface area contributed by atoms with E-state index in [2.05, 4.69) is 15.4 Å². The van der Waals surface area contributed by atoms with Gasteiger partial charge in [-0.25, -0.2) is 0 Å². The van der Waals surface area contributed by atoms with Crippen LogP contribution in [0.2, 0.25) is 0 Å². The molecule has 0 unspecified atom stereocenters. The third-order valence-electron chi connectivity index (χ3n) is 2.99. The van der Waals surface area contributed by atoms with Crippen LogP contribution < -0.4 is 5.32 Å². The van der Waals surface area contributed by atoms with Crippen molar-refractivity contribution in [3.8, 4) is 0 Å². The van der Waals surface area contributed by atoms with Gasteiger partial charge >= 0.3 is 0 Å². The van der Waals surface area contributed by atoms with E-state index in [1.165, 1.54) is 0 Å². The molecule has 0 fully saturated rings. The van der Waals surface area contributed by atoms with Gasteiger partial charge in [-0.2, -0.15) is 5.10 Å². The van der Waals surface area contributed by atoms with Gasteiger partial charge in [-0.3, -0.25) is 14.5 Å². The number of amides is 1. The molecule has 1 N–H and O–H groups in total. The molecule has 3 aromatic rings. The van der Waals surface area contributed by atoms with Crippen LogP contribution in [-0.4, -0.2) is 20.7 Å². The van der Waals surface area contributed by atoms with E-state index in [9.17, 15) is 4.79 Å². The summed E-state index contributed by atoms with van der Waals surface area (Å²) in [5, 5.41) is 7.87. The van der Waals surface area contributed by atoms with Crippen molar-refractivity contribution in [2.24, 2.45) is 7.05 Å². The number of aromatic nitrogens is 3. The maximum Gasteiger partial charge on any atom is 0.230 e. The van der Waals surface area contributed by atoms with Gasteiger partial charge in [0.05, 0.1) is 29.5 Å².